The summed E-state index contributed by atoms with van der Waals surface area (Å²) in [5, 5.41) is 0. The zero-order valence-electron chi connectivity index (χ0n) is 9.66. The Kier molecular flexibility index (Phi) is 5.13. The number of rotatable bonds is 3. The third kappa shape index (κ3) is 3.14. The molecule has 88 valence electrons. The second kappa shape index (κ2) is 6.14. The van der Waals surface area contributed by atoms with Crippen LogP contribution in [0.4, 0.5) is 0 Å². The van der Waals surface area contributed by atoms with E-state index in [4.69, 9.17) is 0 Å². The molecule has 0 unspecified atom stereocenters. The molecular formula is C13H18BrNO. The molecule has 0 bridgehead atoms. The zero-order valence-corrected chi connectivity index (χ0v) is 11.2. The van der Waals surface area contributed by atoms with Crippen molar-refractivity contribution in [2.45, 2.75) is 39.2 Å². The Morgan fingerprint density at radius 2 is 2.06 bits per heavy atom. The van der Waals surface area contributed by atoms with Crippen molar-refractivity contribution < 1.29 is 26.3 Å². The van der Waals surface area contributed by atoms with Gasteiger partial charge in [-0.05, 0) is 12.8 Å². The van der Waals surface area contributed by atoms with Crippen LogP contribution in [0.25, 0.3) is 0 Å². The van der Waals surface area contributed by atoms with Crippen LogP contribution in [0.1, 0.15) is 31.4 Å². The van der Waals surface area contributed by atoms with E-state index in [9.17, 15) is 4.79 Å². The van der Waals surface area contributed by atoms with Gasteiger partial charge < -0.3 is 17.0 Å². The Balaban J connectivity index is 0.00000128. The molecule has 1 saturated carbocycles. The molecule has 1 aromatic rings. The first kappa shape index (κ1) is 13.4. The predicted molar refractivity (Wildman–Crippen MR) is 58.3 cm³/mol. The summed E-state index contributed by atoms with van der Waals surface area (Å²) in [5.74, 6) is 0.740. The van der Waals surface area contributed by atoms with E-state index in [-0.39, 0.29) is 17.0 Å². The molecule has 0 N–H and O–H groups in total. The lowest BCUT2D eigenvalue weighted by atomic mass is 10.0. The first-order valence-electron chi connectivity index (χ1n) is 5.75. The smallest absolute Gasteiger partial charge is 0.206 e. The summed E-state index contributed by atoms with van der Waals surface area (Å²) in [6.45, 7) is 2.60. The Bertz CT molecular complexity index is 359. The van der Waals surface area contributed by atoms with Crippen molar-refractivity contribution in [3.8, 4) is 0 Å². The molecule has 1 aromatic heterocycles. The molecule has 16 heavy (non-hydrogen) atoms. The first-order chi connectivity index (χ1) is 7.27. The van der Waals surface area contributed by atoms with Gasteiger partial charge in [0.25, 0.3) is 0 Å². The first-order valence-corrected chi connectivity index (χ1v) is 5.75. The molecule has 0 aliphatic heterocycles. The molecule has 2 rings (SSSR count). The van der Waals surface area contributed by atoms with Crippen LogP contribution in [0.2, 0.25) is 0 Å². The van der Waals surface area contributed by atoms with Crippen molar-refractivity contribution in [3.05, 3.63) is 30.1 Å². The van der Waals surface area contributed by atoms with Gasteiger partial charge in [0.15, 0.2) is 11.9 Å². The largest absolute Gasteiger partial charge is 1.00 e. The second-order valence-electron chi connectivity index (χ2n) is 4.42. The lowest BCUT2D eigenvalue weighted by molar-refractivity contribution is -0.690. The van der Waals surface area contributed by atoms with E-state index >= 15 is 0 Å². The van der Waals surface area contributed by atoms with Crippen LogP contribution in [0.5, 0.6) is 0 Å². The summed E-state index contributed by atoms with van der Waals surface area (Å²) in [5.41, 5.74) is 1.16. The normalized spacial score (nSPS) is 15.8. The maximum atomic E-state index is 11.9. The fourth-order valence-electron chi connectivity index (χ4n) is 2.28. The van der Waals surface area contributed by atoms with Crippen LogP contribution in [0, 0.1) is 12.8 Å². The number of aryl methyl sites for hydroxylation is 1. The Morgan fingerprint density at radius 1 is 1.38 bits per heavy atom. The van der Waals surface area contributed by atoms with Gasteiger partial charge >= 0.3 is 0 Å². The highest BCUT2D eigenvalue weighted by molar-refractivity contribution is 5.79. The number of hydrogen-bond acceptors (Lipinski definition) is 1. The minimum atomic E-state index is 0. The molecule has 1 aliphatic rings. The maximum Gasteiger partial charge on any atom is 0.206 e. The number of nitrogens with zero attached hydrogens (tertiary/aromatic N) is 1. The highest BCUT2D eigenvalue weighted by atomic mass is 79.9. The number of ketones is 1. The molecule has 0 radical (unpaired) electrons. The van der Waals surface area contributed by atoms with Gasteiger partial charge in [-0.1, -0.05) is 18.9 Å². The Hall–Kier alpha value is -0.700. The Morgan fingerprint density at radius 3 is 2.69 bits per heavy atom. The summed E-state index contributed by atoms with van der Waals surface area (Å²) in [6, 6.07) is 6.03. The van der Waals surface area contributed by atoms with Gasteiger partial charge in [-0.25, -0.2) is 0 Å². The Labute approximate surface area is 107 Å². The summed E-state index contributed by atoms with van der Waals surface area (Å²) in [6.07, 6.45) is 6.66. The lowest BCUT2D eigenvalue weighted by Gasteiger charge is -2.05. The van der Waals surface area contributed by atoms with Crippen molar-refractivity contribution in [2.75, 3.05) is 0 Å². The summed E-state index contributed by atoms with van der Waals surface area (Å²) in [7, 11) is 0. The third-order valence-electron chi connectivity index (χ3n) is 3.30. The van der Waals surface area contributed by atoms with Crippen LogP contribution in [-0.4, -0.2) is 5.78 Å². The van der Waals surface area contributed by atoms with Crippen molar-refractivity contribution in [3.63, 3.8) is 0 Å². The topological polar surface area (TPSA) is 20.9 Å². The maximum absolute atomic E-state index is 11.9. The third-order valence-corrected chi connectivity index (χ3v) is 3.30. The van der Waals surface area contributed by atoms with Crippen molar-refractivity contribution >= 4 is 5.78 Å². The average molecular weight is 284 g/mol. The summed E-state index contributed by atoms with van der Waals surface area (Å²) >= 11 is 0. The fraction of sp³-hybridized carbons (Fsp3) is 0.538. The molecule has 1 heterocycles. The number of carbonyl (C=O) groups excluding carboxylic acids is 1. The molecule has 3 heteroatoms. The van der Waals surface area contributed by atoms with E-state index < -0.39 is 0 Å². The minimum absolute atomic E-state index is 0. The number of halogens is 1. The second-order valence-corrected chi connectivity index (χ2v) is 4.42. The average Bonchev–Trinajstić information content (AvgIpc) is 2.74. The van der Waals surface area contributed by atoms with Gasteiger partial charge in [0, 0.05) is 25.0 Å². The van der Waals surface area contributed by atoms with Crippen LogP contribution >= 0.6 is 0 Å². The van der Waals surface area contributed by atoms with Gasteiger partial charge in [0.05, 0.1) is 0 Å². The van der Waals surface area contributed by atoms with E-state index in [1.165, 1.54) is 12.8 Å². The lowest BCUT2D eigenvalue weighted by Crippen LogP contribution is -3.00. The molecule has 1 aliphatic carbocycles. The van der Waals surface area contributed by atoms with Crippen molar-refractivity contribution in [1.82, 2.24) is 0 Å². The number of carbonyl (C=O) groups is 1. The van der Waals surface area contributed by atoms with Crippen molar-refractivity contribution in [1.29, 1.82) is 0 Å². The van der Waals surface area contributed by atoms with Crippen LogP contribution in [-0.2, 0) is 11.3 Å². The predicted octanol–water partition coefficient (Wildman–Crippen LogP) is -0.954. The minimum Gasteiger partial charge on any atom is -1.00 e. The van der Waals surface area contributed by atoms with Crippen LogP contribution < -0.4 is 21.5 Å². The summed E-state index contributed by atoms with van der Waals surface area (Å²) in [4.78, 5) is 11.9. The van der Waals surface area contributed by atoms with Gasteiger partial charge in [0.2, 0.25) is 12.3 Å². The molecular weight excluding hydrogens is 266 g/mol. The number of aromatic nitrogens is 1. The van der Waals surface area contributed by atoms with Crippen LogP contribution in [0.3, 0.4) is 0 Å². The molecule has 0 atom stereocenters. The summed E-state index contributed by atoms with van der Waals surface area (Å²) < 4.78 is 2.04. The molecule has 0 saturated heterocycles. The fourth-order valence-corrected chi connectivity index (χ4v) is 2.28. The molecule has 1 fully saturated rings. The number of hydrogen-bond donors (Lipinski definition) is 0. The van der Waals surface area contributed by atoms with E-state index in [0.29, 0.717) is 18.2 Å². The van der Waals surface area contributed by atoms with E-state index in [1.54, 1.807) is 0 Å². The molecule has 0 aromatic carbocycles. The standard InChI is InChI=1S/C13H18NO.BrH/c1-11-6-4-5-9-14(11)10-13(15)12-7-2-3-8-12;/h4-6,9,12H,2-3,7-8,10H2,1H3;1H/q+1;/p-1. The molecule has 0 spiro atoms. The van der Waals surface area contributed by atoms with Gasteiger partial charge in [-0.2, -0.15) is 4.57 Å². The number of Topliss-reactive ketones (excluding diaryl/α,β-unsaturated/α-hetero) is 1. The number of pyridine rings is 1. The molecule has 2 nitrogen and oxygen atoms in total. The highest BCUT2D eigenvalue weighted by Crippen LogP contribution is 2.25. The SMILES string of the molecule is Cc1cccc[n+]1CC(=O)C1CCCC1.[Br-]. The zero-order chi connectivity index (χ0) is 10.7. The van der Waals surface area contributed by atoms with E-state index in [1.807, 2.05) is 35.9 Å². The van der Waals surface area contributed by atoms with Gasteiger partial charge in [0.1, 0.15) is 0 Å². The quantitative estimate of drug-likeness (QED) is 0.655. The van der Waals surface area contributed by atoms with Crippen LogP contribution in [0.15, 0.2) is 24.4 Å². The van der Waals surface area contributed by atoms with E-state index in [2.05, 4.69) is 0 Å². The van der Waals surface area contributed by atoms with Crippen molar-refractivity contribution in [2.24, 2.45) is 5.92 Å². The van der Waals surface area contributed by atoms with Gasteiger partial charge in [-0.15, -0.1) is 0 Å². The van der Waals surface area contributed by atoms with Gasteiger partial charge in [-0.3, -0.25) is 4.79 Å². The monoisotopic (exact) mass is 283 g/mol. The molecule has 0 amide bonds. The highest BCUT2D eigenvalue weighted by Gasteiger charge is 2.25. The van der Waals surface area contributed by atoms with E-state index in [0.717, 1.165) is 18.5 Å².